The van der Waals surface area contributed by atoms with Gasteiger partial charge < -0.3 is 15.3 Å². The van der Waals surface area contributed by atoms with Crippen molar-refractivity contribution in [1.82, 2.24) is 9.80 Å². The molecule has 172 valence electrons. The fraction of sp³-hybridized carbons (Fsp3) is 0.462. The second-order valence-corrected chi connectivity index (χ2v) is 8.95. The largest absolute Gasteiger partial charge is 0.478 e. The van der Waals surface area contributed by atoms with Crippen molar-refractivity contribution >= 4 is 17.6 Å². The van der Waals surface area contributed by atoms with E-state index in [2.05, 4.69) is 48.0 Å². The smallest absolute Gasteiger partial charge is 0.335 e. The zero-order valence-electron chi connectivity index (χ0n) is 19.5. The molecule has 0 bridgehead atoms. The van der Waals surface area contributed by atoms with Gasteiger partial charge in [0.1, 0.15) is 0 Å². The zero-order chi connectivity index (χ0) is 22.9. The summed E-state index contributed by atoms with van der Waals surface area (Å²) in [6.07, 6.45) is 2.07. The first-order valence-corrected chi connectivity index (χ1v) is 11.6. The first kappa shape index (κ1) is 23.8. The molecule has 3 rings (SSSR count). The van der Waals surface area contributed by atoms with E-state index in [1.165, 1.54) is 12.0 Å². The number of piperazine rings is 1. The first-order chi connectivity index (χ1) is 15.4. The molecule has 1 atom stereocenters. The van der Waals surface area contributed by atoms with Gasteiger partial charge in [-0.2, -0.15) is 0 Å². The van der Waals surface area contributed by atoms with Gasteiger partial charge in [0.25, 0.3) is 0 Å². The Morgan fingerprint density at radius 3 is 2.41 bits per heavy atom. The molecule has 0 radical (unpaired) electrons. The molecule has 0 aromatic heterocycles. The normalized spacial score (nSPS) is 16.2. The number of carboxylic acid groups (broad SMARTS) is 1. The van der Waals surface area contributed by atoms with Gasteiger partial charge in [-0.1, -0.05) is 50.2 Å². The Morgan fingerprint density at radius 2 is 1.75 bits per heavy atom. The van der Waals surface area contributed by atoms with Gasteiger partial charge >= 0.3 is 5.97 Å². The summed E-state index contributed by atoms with van der Waals surface area (Å²) >= 11 is 0. The molecule has 2 aromatic rings. The van der Waals surface area contributed by atoms with Crippen LogP contribution in [0.5, 0.6) is 0 Å². The lowest BCUT2D eigenvalue weighted by atomic mass is 10.0. The van der Waals surface area contributed by atoms with Crippen LogP contribution >= 0.6 is 0 Å². The van der Waals surface area contributed by atoms with E-state index in [0.29, 0.717) is 18.5 Å². The van der Waals surface area contributed by atoms with Crippen LogP contribution in [0.2, 0.25) is 0 Å². The quantitative estimate of drug-likeness (QED) is 0.473. The van der Waals surface area contributed by atoms with Crippen molar-refractivity contribution in [3.8, 4) is 0 Å². The number of carboxylic acids is 1. The van der Waals surface area contributed by atoms with E-state index >= 15 is 0 Å². The Morgan fingerprint density at radius 1 is 1.03 bits per heavy atom. The van der Waals surface area contributed by atoms with E-state index in [1.807, 2.05) is 24.3 Å². The molecule has 0 amide bonds. The number of carbonyl (C=O) groups is 1. The number of rotatable bonds is 8. The Bertz CT molecular complexity index is 890. The Hall–Kier alpha value is -2.86. The third-order valence-corrected chi connectivity index (χ3v) is 5.92. The maximum atomic E-state index is 11.4. The number of aliphatic imine (C=N–C) groups is 1. The van der Waals surface area contributed by atoms with Crippen LogP contribution in [-0.2, 0) is 6.42 Å². The van der Waals surface area contributed by atoms with Crippen LogP contribution in [0.1, 0.15) is 43.1 Å². The minimum atomic E-state index is -0.927. The molecular formula is C26H36N4O2. The van der Waals surface area contributed by atoms with Crippen molar-refractivity contribution in [3.05, 3.63) is 65.7 Å². The van der Waals surface area contributed by atoms with Gasteiger partial charge in [0.15, 0.2) is 5.96 Å². The third kappa shape index (κ3) is 7.09. The van der Waals surface area contributed by atoms with E-state index in [0.717, 1.165) is 44.2 Å². The fourth-order valence-electron chi connectivity index (χ4n) is 4.22. The van der Waals surface area contributed by atoms with Crippen LogP contribution < -0.4 is 5.32 Å². The Kier molecular flexibility index (Phi) is 8.68. The van der Waals surface area contributed by atoms with Crippen molar-refractivity contribution in [2.45, 2.75) is 39.7 Å². The van der Waals surface area contributed by atoms with Crippen LogP contribution in [0.15, 0.2) is 59.6 Å². The molecule has 0 spiro atoms. The summed E-state index contributed by atoms with van der Waals surface area (Å²) in [4.78, 5) is 21.1. The Labute approximate surface area is 192 Å². The molecule has 1 aliphatic rings. The zero-order valence-corrected chi connectivity index (χ0v) is 19.5. The lowest BCUT2D eigenvalue weighted by Crippen LogP contribution is -2.53. The average molecular weight is 437 g/mol. The van der Waals surface area contributed by atoms with Crippen molar-refractivity contribution in [3.63, 3.8) is 0 Å². The van der Waals surface area contributed by atoms with E-state index in [1.54, 1.807) is 18.2 Å². The van der Waals surface area contributed by atoms with Gasteiger partial charge in [-0.15, -0.1) is 0 Å². The van der Waals surface area contributed by atoms with Crippen LogP contribution in [0.3, 0.4) is 0 Å². The number of anilines is 1. The molecule has 2 aromatic carbocycles. The van der Waals surface area contributed by atoms with E-state index < -0.39 is 5.97 Å². The SMILES string of the molecule is CC(C)CC(C)N1CCN(C(=NCCc2ccccc2)Nc2cccc(C(=O)O)c2)CC1. The topological polar surface area (TPSA) is 68.2 Å². The summed E-state index contributed by atoms with van der Waals surface area (Å²) < 4.78 is 0. The second kappa shape index (κ2) is 11.7. The van der Waals surface area contributed by atoms with E-state index in [9.17, 15) is 9.90 Å². The predicted octanol–water partition coefficient (Wildman–Crippen LogP) is 4.45. The molecule has 1 fully saturated rings. The number of guanidine groups is 1. The minimum absolute atomic E-state index is 0.269. The average Bonchev–Trinajstić information content (AvgIpc) is 2.79. The van der Waals surface area contributed by atoms with Gasteiger partial charge in [-0.3, -0.25) is 9.89 Å². The van der Waals surface area contributed by atoms with Crippen LogP contribution in [0.25, 0.3) is 0 Å². The number of hydrogen-bond donors (Lipinski definition) is 2. The molecule has 0 saturated carbocycles. The molecule has 6 heteroatoms. The molecule has 0 aliphatic carbocycles. The fourth-order valence-corrected chi connectivity index (χ4v) is 4.22. The molecule has 1 aliphatic heterocycles. The highest BCUT2D eigenvalue weighted by Crippen LogP contribution is 2.16. The first-order valence-electron chi connectivity index (χ1n) is 11.6. The molecule has 6 nitrogen and oxygen atoms in total. The highest BCUT2D eigenvalue weighted by atomic mass is 16.4. The number of nitrogens with one attached hydrogen (secondary N) is 1. The van der Waals surface area contributed by atoms with Gasteiger partial charge in [0, 0.05) is 44.5 Å². The maximum absolute atomic E-state index is 11.4. The second-order valence-electron chi connectivity index (χ2n) is 8.95. The third-order valence-electron chi connectivity index (χ3n) is 5.92. The molecular weight excluding hydrogens is 400 g/mol. The summed E-state index contributed by atoms with van der Waals surface area (Å²) in [7, 11) is 0. The van der Waals surface area contributed by atoms with Crippen molar-refractivity contribution in [1.29, 1.82) is 0 Å². The van der Waals surface area contributed by atoms with Crippen LogP contribution in [0, 0.1) is 5.92 Å². The Balaban J connectivity index is 1.70. The van der Waals surface area contributed by atoms with Gasteiger partial charge in [-0.25, -0.2) is 4.79 Å². The van der Waals surface area contributed by atoms with E-state index in [-0.39, 0.29) is 5.56 Å². The van der Waals surface area contributed by atoms with Gasteiger partial charge in [0.2, 0.25) is 0 Å². The van der Waals surface area contributed by atoms with Gasteiger partial charge in [0.05, 0.1) is 5.56 Å². The molecule has 1 unspecified atom stereocenters. The van der Waals surface area contributed by atoms with Crippen molar-refractivity contribution in [2.24, 2.45) is 10.9 Å². The summed E-state index contributed by atoms with van der Waals surface area (Å²) in [5, 5.41) is 12.7. The van der Waals surface area contributed by atoms with Crippen molar-refractivity contribution < 1.29 is 9.90 Å². The van der Waals surface area contributed by atoms with Gasteiger partial charge in [-0.05, 0) is 49.4 Å². The van der Waals surface area contributed by atoms with Crippen LogP contribution in [-0.4, -0.2) is 65.6 Å². The standard InChI is InChI=1S/C26H36N4O2/c1-20(2)18-21(3)29-14-16-30(17-15-29)26(27-13-12-22-8-5-4-6-9-22)28-24-11-7-10-23(19-24)25(31)32/h4-11,19-21H,12-18H2,1-3H3,(H,27,28)(H,31,32). The summed E-state index contributed by atoms with van der Waals surface area (Å²) in [6, 6.07) is 17.9. The number of aromatic carboxylic acids is 1. The van der Waals surface area contributed by atoms with Crippen LogP contribution in [0.4, 0.5) is 5.69 Å². The lowest BCUT2D eigenvalue weighted by molar-refractivity contribution is 0.0697. The van der Waals surface area contributed by atoms with E-state index in [4.69, 9.17) is 4.99 Å². The highest BCUT2D eigenvalue weighted by Gasteiger charge is 2.23. The van der Waals surface area contributed by atoms with Crippen molar-refractivity contribution in [2.75, 3.05) is 38.0 Å². The highest BCUT2D eigenvalue weighted by molar-refractivity contribution is 5.95. The number of hydrogen-bond acceptors (Lipinski definition) is 3. The molecule has 2 N–H and O–H groups in total. The molecule has 32 heavy (non-hydrogen) atoms. The maximum Gasteiger partial charge on any atom is 0.335 e. The number of benzene rings is 2. The lowest BCUT2D eigenvalue weighted by Gasteiger charge is -2.40. The number of nitrogens with zero attached hydrogens (tertiary/aromatic N) is 3. The monoisotopic (exact) mass is 436 g/mol. The minimum Gasteiger partial charge on any atom is -0.478 e. The summed E-state index contributed by atoms with van der Waals surface area (Å²) in [6.45, 7) is 11.4. The predicted molar refractivity (Wildman–Crippen MR) is 132 cm³/mol. The summed E-state index contributed by atoms with van der Waals surface area (Å²) in [5.74, 6) is 0.588. The summed E-state index contributed by atoms with van der Waals surface area (Å²) in [5.41, 5.74) is 2.28. The molecule has 1 saturated heterocycles. The molecule has 1 heterocycles.